The highest BCUT2D eigenvalue weighted by molar-refractivity contribution is 6.46. The zero-order valence-corrected chi connectivity index (χ0v) is 7.46. The zero-order chi connectivity index (χ0) is 8.48. The van der Waals surface area contributed by atoms with Gasteiger partial charge >= 0.3 is 0 Å². The predicted octanol–water partition coefficient (Wildman–Crippen LogP) is 3.55. The smallest absolute Gasteiger partial charge is 0.203 e. The maximum Gasteiger partial charge on any atom is 0.283 e. The molecule has 11 heavy (non-hydrogen) atoms. The molecule has 0 aliphatic carbocycles. The van der Waals surface area contributed by atoms with Crippen LogP contribution in [0.4, 0.5) is 4.39 Å². The van der Waals surface area contributed by atoms with Gasteiger partial charge in [0, 0.05) is 5.56 Å². The van der Waals surface area contributed by atoms with Crippen LogP contribution in [-0.2, 0) is 4.59 Å². The minimum absolute atomic E-state index is 0.270. The Kier molecular flexibility index (Phi) is 2.40. The Morgan fingerprint density at radius 2 is 1.64 bits per heavy atom. The highest BCUT2D eigenvalue weighted by atomic mass is 35.5. The Labute approximate surface area is 74.9 Å². The Morgan fingerprint density at radius 3 is 2.00 bits per heavy atom. The van der Waals surface area contributed by atoms with E-state index in [-0.39, 0.29) is 5.56 Å². The molecule has 3 heteroatoms. The summed E-state index contributed by atoms with van der Waals surface area (Å²) in [6.07, 6.45) is 0. The molecule has 0 aliphatic rings. The van der Waals surface area contributed by atoms with Crippen molar-refractivity contribution >= 4 is 23.2 Å². The molecule has 60 valence electrons. The summed E-state index contributed by atoms with van der Waals surface area (Å²) in [6.45, 7) is 1.91. The minimum Gasteiger partial charge on any atom is -0.203 e. The van der Waals surface area contributed by atoms with Gasteiger partial charge in [-0.3, -0.25) is 0 Å². The third-order valence-corrected chi connectivity index (χ3v) is 1.82. The van der Waals surface area contributed by atoms with E-state index in [0.717, 1.165) is 5.56 Å². The summed E-state index contributed by atoms with van der Waals surface area (Å²) >= 11 is 10.4. The highest BCUT2D eigenvalue weighted by Gasteiger charge is 2.24. The molecule has 1 rings (SSSR count). The van der Waals surface area contributed by atoms with Gasteiger partial charge in [0.25, 0.3) is 4.59 Å². The molecule has 0 nitrogen and oxygen atoms in total. The van der Waals surface area contributed by atoms with Crippen molar-refractivity contribution in [1.82, 2.24) is 0 Å². The van der Waals surface area contributed by atoms with Gasteiger partial charge in [0.1, 0.15) is 0 Å². The maximum absolute atomic E-state index is 12.8. The average Bonchev–Trinajstić information content (AvgIpc) is 1.86. The standard InChI is InChI=1S/C8H7Cl2F/c1-6-2-4-7(5-3-6)8(9,10)11/h2-5H,1H3. The molecule has 0 heterocycles. The Hall–Kier alpha value is -0.270. The van der Waals surface area contributed by atoms with Gasteiger partial charge in [0.15, 0.2) is 0 Å². The molecule has 0 radical (unpaired) electrons. The van der Waals surface area contributed by atoms with Crippen molar-refractivity contribution in [3.63, 3.8) is 0 Å². The highest BCUT2D eigenvalue weighted by Crippen LogP contribution is 2.34. The molecule has 0 unspecified atom stereocenters. The SMILES string of the molecule is Cc1ccc(C(F)(Cl)Cl)cc1. The van der Waals surface area contributed by atoms with Gasteiger partial charge in [-0.1, -0.05) is 53.0 Å². The number of aryl methyl sites for hydroxylation is 1. The van der Waals surface area contributed by atoms with Gasteiger partial charge in [-0.05, 0) is 6.92 Å². The van der Waals surface area contributed by atoms with Crippen molar-refractivity contribution in [3.05, 3.63) is 35.4 Å². The van der Waals surface area contributed by atoms with Gasteiger partial charge < -0.3 is 0 Å². The Balaban J connectivity index is 2.99. The molecule has 0 aromatic heterocycles. The van der Waals surface area contributed by atoms with Crippen molar-refractivity contribution in [1.29, 1.82) is 0 Å². The van der Waals surface area contributed by atoms with E-state index in [1.165, 1.54) is 0 Å². The summed E-state index contributed by atoms with van der Waals surface area (Å²) in [7, 11) is 0. The van der Waals surface area contributed by atoms with Crippen molar-refractivity contribution in [2.75, 3.05) is 0 Å². The molecule has 0 amide bonds. The molecule has 0 N–H and O–H groups in total. The lowest BCUT2D eigenvalue weighted by Gasteiger charge is -2.08. The molecule has 0 fully saturated rings. The molecule has 0 saturated heterocycles. The summed E-state index contributed by atoms with van der Waals surface area (Å²) in [5, 5.41) is 0. The van der Waals surface area contributed by atoms with Crippen LogP contribution in [0.5, 0.6) is 0 Å². The van der Waals surface area contributed by atoms with Gasteiger partial charge in [-0.2, -0.15) is 0 Å². The number of hydrogen-bond donors (Lipinski definition) is 0. The molecule has 0 saturated carbocycles. The van der Waals surface area contributed by atoms with E-state index in [0.29, 0.717) is 0 Å². The second-order valence-corrected chi connectivity index (χ2v) is 3.60. The normalized spacial score (nSPS) is 11.6. The van der Waals surface area contributed by atoms with E-state index >= 15 is 0 Å². The summed E-state index contributed by atoms with van der Waals surface area (Å²) in [6, 6.07) is 6.65. The number of alkyl halides is 3. The number of rotatable bonds is 1. The lowest BCUT2D eigenvalue weighted by molar-refractivity contribution is 0.405. The van der Waals surface area contributed by atoms with Gasteiger partial charge in [0.05, 0.1) is 0 Å². The van der Waals surface area contributed by atoms with Crippen LogP contribution >= 0.6 is 23.2 Å². The van der Waals surface area contributed by atoms with Crippen LogP contribution in [0, 0.1) is 6.92 Å². The van der Waals surface area contributed by atoms with E-state index in [1.54, 1.807) is 24.3 Å². The summed E-state index contributed by atoms with van der Waals surface area (Å²) < 4.78 is 10.5. The van der Waals surface area contributed by atoms with Gasteiger partial charge in [0.2, 0.25) is 0 Å². The van der Waals surface area contributed by atoms with Crippen LogP contribution in [-0.4, -0.2) is 0 Å². The first-order valence-corrected chi connectivity index (χ1v) is 3.89. The third-order valence-electron chi connectivity index (χ3n) is 1.38. The van der Waals surface area contributed by atoms with Gasteiger partial charge in [-0.25, -0.2) is 4.39 Å². The fourth-order valence-corrected chi connectivity index (χ4v) is 0.995. The van der Waals surface area contributed by atoms with Crippen LogP contribution in [0.3, 0.4) is 0 Å². The number of benzene rings is 1. The second-order valence-electron chi connectivity index (χ2n) is 2.36. The first kappa shape index (κ1) is 8.82. The molecule has 1 aromatic carbocycles. The zero-order valence-electron chi connectivity index (χ0n) is 5.94. The lowest BCUT2D eigenvalue weighted by Crippen LogP contribution is -2.00. The average molecular weight is 193 g/mol. The van der Waals surface area contributed by atoms with Crippen LogP contribution < -0.4 is 0 Å². The lowest BCUT2D eigenvalue weighted by atomic mass is 10.2. The fraction of sp³-hybridized carbons (Fsp3) is 0.250. The van der Waals surface area contributed by atoms with E-state index < -0.39 is 4.59 Å². The summed E-state index contributed by atoms with van der Waals surface area (Å²) in [4.78, 5) is 0. The monoisotopic (exact) mass is 192 g/mol. The molecule has 0 aliphatic heterocycles. The Morgan fingerprint density at radius 1 is 1.18 bits per heavy atom. The van der Waals surface area contributed by atoms with Crippen LogP contribution in [0.15, 0.2) is 24.3 Å². The summed E-state index contributed by atoms with van der Waals surface area (Å²) in [5.41, 5.74) is 1.32. The maximum atomic E-state index is 12.8. The van der Waals surface area contributed by atoms with E-state index in [2.05, 4.69) is 0 Å². The van der Waals surface area contributed by atoms with Crippen molar-refractivity contribution in [2.24, 2.45) is 0 Å². The predicted molar refractivity (Wildman–Crippen MR) is 45.7 cm³/mol. The first-order chi connectivity index (χ1) is 5.00. The summed E-state index contributed by atoms with van der Waals surface area (Å²) in [5.74, 6) is 0. The molecular weight excluding hydrogens is 186 g/mol. The Bertz CT molecular complexity index is 235. The first-order valence-electron chi connectivity index (χ1n) is 3.14. The van der Waals surface area contributed by atoms with Crippen LogP contribution in [0.1, 0.15) is 11.1 Å². The number of hydrogen-bond acceptors (Lipinski definition) is 0. The fourth-order valence-electron chi connectivity index (χ4n) is 0.743. The van der Waals surface area contributed by atoms with Gasteiger partial charge in [-0.15, -0.1) is 0 Å². The van der Waals surface area contributed by atoms with Crippen LogP contribution in [0.2, 0.25) is 0 Å². The topological polar surface area (TPSA) is 0 Å². The van der Waals surface area contributed by atoms with Crippen molar-refractivity contribution in [3.8, 4) is 0 Å². The molecule has 0 spiro atoms. The van der Waals surface area contributed by atoms with Crippen molar-refractivity contribution in [2.45, 2.75) is 11.5 Å². The largest absolute Gasteiger partial charge is 0.283 e. The minimum atomic E-state index is -2.27. The van der Waals surface area contributed by atoms with Crippen molar-refractivity contribution < 1.29 is 4.39 Å². The number of halogens is 3. The molecular formula is C8H7Cl2F. The van der Waals surface area contributed by atoms with E-state index in [1.807, 2.05) is 6.92 Å². The molecule has 0 atom stereocenters. The van der Waals surface area contributed by atoms with E-state index in [4.69, 9.17) is 23.2 Å². The van der Waals surface area contributed by atoms with E-state index in [9.17, 15) is 4.39 Å². The molecule has 1 aromatic rings. The molecule has 0 bridgehead atoms. The quantitative estimate of drug-likeness (QED) is 0.598. The third kappa shape index (κ3) is 2.35. The van der Waals surface area contributed by atoms with Crippen LogP contribution in [0.25, 0.3) is 0 Å². The second kappa shape index (κ2) is 3.00.